The topological polar surface area (TPSA) is 62.5 Å². The Labute approximate surface area is 106 Å². The molecule has 0 aliphatic heterocycles. The molecule has 1 aliphatic rings. The monoisotopic (exact) mass is 246 g/mol. The highest BCUT2D eigenvalue weighted by atomic mass is 16.3. The summed E-state index contributed by atoms with van der Waals surface area (Å²) in [5.74, 6) is 1.20. The zero-order valence-electron chi connectivity index (χ0n) is 10.3. The van der Waals surface area contributed by atoms with Crippen LogP contribution in [0, 0.1) is 5.92 Å². The van der Waals surface area contributed by atoms with Crippen molar-refractivity contribution >= 4 is 11.3 Å². The molecule has 5 heteroatoms. The van der Waals surface area contributed by atoms with E-state index in [-0.39, 0.29) is 6.61 Å². The minimum Gasteiger partial charge on any atom is -0.396 e. The third-order valence-electron chi connectivity index (χ3n) is 3.79. The van der Waals surface area contributed by atoms with Gasteiger partial charge in [0, 0.05) is 31.0 Å². The van der Waals surface area contributed by atoms with Crippen molar-refractivity contribution < 1.29 is 5.11 Å². The molecule has 18 heavy (non-hydrogen) atoms. The van der Waals surface area contributed by atoms with Crippen LogP contribution in [0.1, 0.15) is 25.7 Å². The number of aliphatic hydroxyl groups is 1. The van der Waals surface area contributed by atoms with Crippen molar-refractivity contribution in [3.63, 3.8) is 0 Å². The minimum atomic E-state index is 0.250. The Morgan fingerprint density at radius 2 is 2.22 bits per heavy atom. The molecule has 2 N–H and O–H groups in total. The van der Waals surface area contributed by atoms with Crippen molar-refractivity contribution in [2.24, 2.45) is 5.92 Å². The molecule has 0 spiro atoms. The van der Waals surface area contributed by atoms with E-state index < -0.39 is 0 Å². The average Bonchev–Trinajstić information content (AvgIpc) is 2.89. The van der Waals surface area contributed by atoms with E-state index in [9.17, 15) is 5.11 Å². The van der Waals surface area contributed by atoms with Crippen LogP contribution < -0.4 is 5.32 Å². The van der Waals surface area contributed by atoms with Crippen molar-refractivity contribution in [3.05, 3.63) is 24.7 Å². The van der Waals surface area contributed by atoms with Gasteiger partial charge in [-0.25, -0.2) is 9.50 Å². The van der Waals surface area contributed by atoms with Gasteiger partial charge in [0.2, 0.25) is 0 Å². The number of nitrogens with zero attached hydrogens (tertiary/aromatic N) is 3. The minimum absolute atomic E-state index is 0.250. The van der Waals surface area contributed by atoms with Crippen LogP contribution in [0.2, 0.25) is 0 Å². The summed E-state index contributed by atoms with van der Waals surface area (Å²) in [6.45, 7) is 0.250. The maximum atomic E-state index is 9.43. The maximum absolute atomic E-state index is 9.43. The van der Waals surface area contributed by atoms with Gasteiger partial charge in [0.15, 0.2) is 5.82 Å². The van der Waals surface area contributed by atoms with Crippen LogP contribution in [-0.2, 0) is 0 Å². The SMILES string of the molecule is OCC1CCCCC1Nc1nccn2nccc12. The fourth-order valence-electron chi connectivity index (χ4n) is 2.76. The predicted molar refractivity (Wildman–Crippen MR) is 69.4 cm³/mol. The molecule has 1 fully saturated rings. The van der Waals surface area contributed by atoms with E-state index in [2.05, 4.69) is 15.4 Å². The van der Waals surface area contributed by atoms with Gasteiger partial charge in [-0.1, -0.05) is 12.8 Å². The largest absolute Gasteiger partial charge is 0.396 e. The summed E-state index contributed by atoms with van der Waals surface area (Å²) >= 11 is 0. The number of rotatable bonds is 3. The lowest BCUT2D eigenvalue weighted by Crippen LogP contribution is -2.34. The molecule has 5 nitrogen and oxygen atoms in total. The molecule has 96 valence electrons. The molecule has 0 amide bonds. The third kappa shape index (κ3) is 2.06. The first kappa shape index (κ1) is 11.5. The lowest BCUT2D eigenvalue weighted by molar-refractivity contribution is 0.178. The maximum Gasteiger partial charge on any atom is 0.152 e. The first-order valence-electron chi connectivity index (χ1n) is 6.54. The Morgan fingerprint density at radius 1 is 1.33 bits per heavy atom. The van der Waals surface area contributed by atoms with Crippen LogP contribution in [0.15, 0.2) is 24.7 Å². The lowest BCUT2D eigenvalue weighted by Gasteiger charge is -2.31. The quantitative estimate of drug-likeness (QED) is 0.865. The van der Waals surface area contributed by atoms with Gasteiger partial charge < -0.3 is 10.4 Å². The summed E-state index contributed by atoms with van der Waals surface area (Å²) in [5, 5.41) is 17.1. The highest BCUT2D eigenvalue weighted by Crippen LogP contribution is 2.27. The Kier molecular flexibility index (Phi) is 3.15. The predicted octanol–water partition coefficient (Wildman–Crippen LogP) is 1.69. The van der Waals surface area contributed by atoms with E-state index in [1.54, 1.807) is 12.4 Å². The summed E-state index contributed by atoms with van der Waals surface area (Å²) in [5.41, 5.74) is 0.986. The second kappa shape index (κ2) is 4.94. The summed E-state index contributed by atoms with van der Waals surface area (Å²) in [4.78, 5) is 4.39. The van der Waals surface area contributed by atoms with Gasteiger partial charge in [-0.15, -0.1) is 0 Å². The Morgan fingerprint density at radius 3 is 3.11 bits per heavy atom. The number of fused-ring (bicyclic) bond motifs is 1. The summed E-state index contributed by atoms with van der Waals surface area (Å²) in [7, 11) is 0. The number of hydrogen-bond donors (Lipinski definition) is 2. The molecule has 1 saturated carbocycles. The molecule has 0 radical (unpaired) electrons. The molecule has 0 saturated heterocycles. The zero-order valence-corrected chi connectivity index (χ0v) is 10.3. The average molecular weight is 246 g/mol. The first-order valence-corrected chi connectivity index (χ1v) is 6.54. The van der Waals surface area contributed by atoms with Crippen molar-refractivity contribution in [2.45, 2.75) is 31.7 Å². The lowest BCUT2D eigenvalue weighted by atomic mass is 9.85. The van der Waals surface area contributed by atoms with Crippen LogP contribution >= 0.6 is 0 Å². The summed E-state index contributed by atoms with van der Waals surface area (Å²) in [6, 6.07) is 2.27. The summed E-state index contributed by atoms with van der Waals surface area (Å²) in [6.07, 6.45) is 9.99. The van der Waals surface area contributed by atoms with E-state index in [0.29, 0.717) is 12.0 Å². The second-order valence-corrected chi connectivity index (χ2v) is 4.91. The highest BCUT2D eigenvalue weighted by molar-refractivity contribution is 5.67. The van der Waals surface area contributed by atoms with E-state index in [4.69, 9.17) is 0 Å². The number of hydrogen-bond acceptors (Lipinski definition) is 4. The molecular formula is C13H18N4O. The smallest absolute Gasteiger partial charge is 0.152 e. The molecule has 2 heterocycles. The van der Waals surface area contributed by atoms with Gasteiger partial charge in [0.25, 0.3) is 0 Å². The molecule has 0 bridgehead atoms. The van der Waals surface area contributed by atoms with Gasteiger partial charge in [-0.3, -0.25) is 0 Å². The molecule has 3 rings (SSSR count). The van der Waals surface area contributed by atoms with Gasteiger partial charge in [0.1, 0.15) is 5.52 Å². The molecule has 2 atom stereocenters. The fourth-order valence-corrected chi connectivity index (χ4v) is 2.76. The number of nitrogens with one attached hydrogen (secondary N) is 1. The van der Waals surface area contributed by atoms with Gasteiger partial charge >= 0.3 is 0 Å². The van der Waals surface area contributed by atoms with E-state index in [0.717, 1.165) is 24.2 Å². The molecule has 0 aromatic carbocycles. The van der Waals surface area contributed by atoms with E-state index in [1.807, 2.05) is 16.8 Å². The molecular weight excluding hydrogens is 228 g/mol. The van der Waals surface area contributed by atoms with Crippen LogP contribution in [0.3, 0.4) is 0 Å². The second-order valence-electron chi connectivity index (χ2n) is 4.91. The van der Waals surface area contributed by atoms with Crippen molar-refractivity contribution in [1.29, 1.82) is 0 Å². The highest BCUT2D eigenvalue weighted by Gasteiger charge is 2.25. The third-order valence-corrected chi connectivity index (χ3v) is 3.79. The van der Waals surface area contributed by atoms with Gasteiger partial charge in [-0.2, -0.15) is 5.10 Å². The number of anilines is 1. The van der Waals surface area contributed by atoms with Crippen LogP contribution in [0.4, 0.5) is 5.82 Å². The zero-order chi connectivity index (χ0) is 12.4. The van der Waals surface area contributed by atoms with Crippen molar-refractivity contribution in [3.8, 4) is 0 Å². The molecule has 1 aliphatic carbocycles. The van der Waals surface area contributed by atoms with Gasteiger partial charge in [0.05, 0.1) is 6.20 Å². The standard InChI is InChI=1S/C13H18N4O/c18-9-10-3-1-2-4-11(10)16-13-12-5-6-15-17(12)8-7-14-13/h5-8,10-11,18H,1-4,9H2,(H,14,16). The van der Waals surface area contributed by atoms with Crippen molar-refractivity contribution in [1.82, 2.24) is 14.6 Å². The number of aliphatic hydroxyl groups excluding tert-OH is 1. The summed E-state index contributed by atoms with van der Waals surface area (Å²) < 4.78 is 1.81. The molecule has 2 unspecified atom stereocenters. The Hall–Kier alpha value is -1.62. The van der Waals surface area contributed by atoms with Gasteiger partial charge in [-0.05, 0) is 18.9 Å². The first-order chi connectivity index (χ1) is 8.88. The van der Waals surface area contributed by atoms with E-state index in [1.165, 1.54) is 12.8 Å². The van der Waals surface area contributed by atoms with Crippen LogP contribution in [0.25, 0.3) is 5.52 Å². The van der Waals surface area contributed by atoms with Crippen LogP contribution in [-0.4, -0.2) is 32.4 Å². The normalized spacial score (nSPS) is 24.3. The van der Waals surface area contributed by atoms with E-state index >= 15 is 0 Å². The Balaban J connectivity index is 1.84. The van der Waals surface area contributed by atoms with Crippen molar-refractivity contribution in [2.75, 3.05) is 11.9 Å². The molecule has 2 aromatic heterocycles. The fraction of sp³-hybridized carbons (Fsp3) is 0.538. The Bertz CT molecular complexity index is 524. The number of aromatic nitrogens is 3. The molecule has 2 aromatic rings. The van der Waals surface area contributed by atoms with Crippen LogP contribution in [0.5, 0.6) is 0 Å².